The van der Waals surface area contributed by atoms with E-state index in [-0.39, 0.29) is 47.7 Å². The molecule has 2 aliphatic carbocycles. The Balaban J connectivity index is 1.81. The van der Waals surface area contributed by atoms with Gasteiger partial charge in [0.25, 0.3) is 5.91 Å². The first-order valence-electron chi connectivity index (χ1n) is 10.3. The number of carbonyl (C=O) groups is 3. The molecule has 0 aliphatic heterocycles. The van der Waals surface area contributed by atoms with Crippen molar-refractivity contribution in [2.75, 3.05) is 0 Å². The lowest BCUT2D eigenvalue weighted by molar-refractivity contribution is -0.157. The summed E-state index contributed by atoms with van der Waals surface area (Å²) >= 11 is 0. The van der Waals surface area contributed by atoms with Crippen molar-refractivity contribution in [3.05, 3.63) is 58.9 Å². The average molecular weight is 424 g/mol. The van der Waals surface area contributed by atoms with Crippen molar-refractivity contribution < 1.29 is 24.6 Å². The summed E-state index contributed by atoms with van der Waals surface area (Å²) < 4.78 is 0. The predicted octanol–water partition coefficient (Wildman–Crippen LogP) is 3.88. The minimum Gasteiger partial charge on any atom is -0.511 e. The summed E-state index contributed by atoms with van der Waals surface area (Å²) in [7, 11) is 0. The SMILES string of the molecule is CC1=CC[C@](C(=O)O)(C(=O)N/N=C\C2=C(O)CC(C)(C)CC2=O)C[C@H]1c1ccccc1. The zero-order chi connectivity index (χ0) is 22.8. The van der Waals surface area contributed by atoms with Gasteiger partial charge < -0.3 is 10.2 Å². The molecule has 31 heavy (non-hydrogen) atoms. The third-order valence-corrected chi connectivity index (χ3v) is 6.18. The minimum atomic E-state index is -1.67. The molecule has 0 saturated carbocycles. The molecule has 2 aliphatic rings. The number of carbonyl (C=O) groups excluding carboxylic acids is 2. The Labute approximate surface area is 181 Å². The fourth-order valence-corrected chi connectivity index (χ4v) is 4.30. The molecule has 1 aromatic carbocycles. The summed E-state index contributed by atoms with van der Waals surface area (Å²) in [5.74, 6) is -2.51. The van der Waals surface area contributed by atoms with E-state index in [9.17, 15) is 24.6 Å². The van der Waals surface area contributed by atoms with Crippen LogP contribution in [0.1, 0.15) is 57.9 Å². The highest BCUT2D eigenvalue weighted by Gasteiger charge is 2.49. The zero-order valence-electron chi connectivity index (χ0n) is 18.0. The highest BCUT2D eigenvalue weighted by Crippen LogP contribution is 2.44. The molecule has 0 unspecified atom stereocenters. The van der Waals surface area contributed by atoms with Gasteiger partial charge in [-0.2, -0.15) is 5.10 Å². The van der Waals surface area contributed by atoms with Gasteiger partial charge in [-0.3, -0.25) is 14.4 Å². The lowest BCUT2D eigenvalue weighted by Crippen LogP contribution is -2.47. The summed E-state index contributed by atoms with van der Waals surface area (Å²) in [4.78, 5) is 37.4. The van der Waals surface area contributed by atoms with Gasteiger partial charge in [0.15, 0.2) is 11.2 Å². The maximum absolute atomic E-state index is 13.0. The molecule has 1 aromatic rings. The normalized spacial score (nSPS) is 26.0. The standard InChI is InChI=1S/C24H28N2O5/c1-15-9-10-24(22(30)31,11-17(15)16-7-5-4-6-8-16)21(29)26-25-14-18-19(27)12-23(2,3)13-20(18)28/h4-9,14,17,27H,10-13H2,1-3H3,(H,26,29)(H,30,31)/b25-14-/t17-,24-/m1/s1. The second-order valence-electron chi connectivity index (χ2n) is 9.21. The van der Waals surface area contributed by atoms with Crippen LogP contribution in [0.15, 0.2) is 58.4 Å². The van der Waals surface area contributed by atoms with Crippen LogP contribution in [0.5, 0.6) is 0 Å². The van der Waals surface area contributed by atoms with E-state index in [2.05, 4.69) is 10.5 Å². The molecule has 0 heterocycles. The number of benzene rings is 1. The molecule has 0 radical (unpaired) electrons. The largest absolute Gasteiger partial charge is 0.511 e. The number of carboxylic acid groups (broad SMARTS) is 1. The number of ketones is 1. The molecular weight excluding hydrogens is 396 g/mol. The Morgan fingerprint density at radius 1 is 1.19 bits per heavy atom. The van der Waals surface area contributed by atoms with Gasteiger partial charge in [-0.05, 0) is 30.7 Å². The van der Waals surface area contributed by atoms with E-state index < -0.39 is 17.3 Å². The van der Waals surface area contributed by atoms with E-state index >= 15 is 0 Å². The molecule has 0 bridgehead atoms. The molecule has 0 spiro atoms. The van der Waals surface area contributed by atoms with Crippen LogP contribution in [0.2, 0.25) is 0 Å². The molecular formula is C24H28N2O5. The van der Waals surface area contributed by atoms with Crippen LogP contribution >= 0.6 is 0 Å². The number of nitrogens with one attached hydrogen (secondary N) is 1. The number of hydrogen-bond acceptors (Lipinski definition) is 5. The van der Waals surface area contributed by atoms with Crippen LogP contribution < -0.4 is 5.43 Å². The number of hydrazone groups is 1. The van der Waals surface area contributed by atoms with Crippen LogP contribution in [0.25, 0.3) is 0 Å². The molecule has 2 atom stereocenters. The lowest BCUT2D eigenvalue weighted by Gasteiger charge is -2.35. The quantitative estimate of drug-likeness (QED) is 0.287. The molecule has 3 rings (SSSR count). The van der Waals surface area contributed by atoms with E-state index in [1.165, 1.54) is 0 Å². The van der Waals surface area contributed by atoms with Gasteiger partial charge in [-0.25, -0.2) is 5.43 Å². The van der Waals surface area contributed by atoms with Crippen molar-refractivity contribution in [1.82, 2.24) is 5.43 Å². The van der Waals surface area contributed by atoms with Crippen LogP contribution in [0, 0.1) is 10.8 Å². The predicted molar refractivity (Wildman–Crippen MR) is 117 cm³/mol. The van der Waals surface area contributed by atoms with Crippen molar-refractivity contribution in [3.63, 3.8) is 0 Å². The molecule has 0 saturated heterocycles. The molecule has 164 valence electrons. The fourth-order valence-electron chi connectivity index (χ4n) is 4.30. The van der Waals surface area contributed by atoms with Crippen LogP contribution in [-0.4, -0.2) is 34.1 Å². The number of nitrogens with zero attached hydrogens (tertiary/aromatic N) is 1. The number of carboxylic acids is 1. The number of aliphatic carboxylic acids is 1. The third kappa shape index (κ3) is 4.60. The first kappa shape index (κ1) is 22.5. The fraction of sp³-hybridized carbons (Fsp3) is 0.417. The first-order chi connectivity index (χ1) is 14.6. The van der Waals surface area contributed by atoms with Crippen molar-refractivity contribution >= 4 is 23.9 Å². The number of amides is 1. The Bertz CT molecular complexity index is 990. The Morgan fingerprint density at radius 3 is 2.48 bits per heavy atom. The van der Waals surface area contributed by atoms with Crippen LogP contribution in [-0.2, 0) is 14.4 Å². The topological polar surface area (TPSA) is 116 Å². The Hall–Kier alpha value is -3.22. The number of rotatable bonds is 5. The second kappa shape index (κ2) is 8.49. The van der Waals surface area contributed by atoms with Crippen LogP contribution in [0.4, 0.5) is 0 Å². The van der Waals surface area contributed by atoms with Gasteiger partial charge in [0, 0.05) is 18.8 Å². The molecule has 0 fully saturated rings. The van der Waals surface area contributed by atoms with Gasteiger partial charge in [-0.15, -0.1) is 0 Å². The zero-order valence-corrected chi connectivity index (χ0v) is 18.0. The number of Topliss-reactive ketones (excluding diaryl/α,β-unsaturated/α-hetero) is 1. The maximum atomic E-state index is 13.0. The van der Waals surface area contributed by atoms with E-state index in [0.717, 1.165) is 17.4 Å². The molecule has 7 nitrogen and oxygen atoms in total. The summed E-state index contributed by atoms with van der Waals surface area (Å²) in [5.41, 5.74) is 2.29. The second-order valence-corrected chi connectivity index (χ2v) is 9.21. The van der Waals surface area contributed by atoms with E-state index in [4.69, 9.17) is 0 Å². The maximum Gasteiger partial charge on any atom is 0.319 e. The van der Waals surface area contributed by atoms with Gasteiger partial charge >= 0.3 is 5.97 Å². The molecule has 0 aromatic heterocycles. The number of allylic oxidation sites excluding steroid dienone is 4. The summed E-state index contributed by atoms with van der Waals surface area (Å²) in [6.45, 7) is 5.70. The van der Waals surface area contributed by atoms with Crippen molar-refractivity contribution in [2.24, 2.45) is 15.9 Å². The lowest BCUT2D eigenvalue weighted by atomic mass is 9.68. The summed E-state index contributed by atoms with van der Waals surface area (Å²) in [6.07, 6.45) is 3.65. The van der Waals surface area contributed by atoms with Gasteiger partial charge in [0.2, 0.25) is 0 Å². The smallest absolute Gasteiger partial charge is 0.319 e. The minimum absolute atomic E-state index is 0.0468. The van der Waals surface area contributed by atoms with Crippen molar-refractivity contribution in [3.8, 4) is 0 Å². The monoisotopic (exact) mass is 424 g/mol. The third-order valence-electron chi connectivity index (χ3n) is 6.18. The Morgan fingerprint density at radius 2 is 1.87 bits per heavy atom. The van der Waals surface area contributed by atoms with Gasteiger partial charge in [0.05, 0.1) is 11.8 Å². The van der Waals surface area contributed by atoms with Crippen molar-refractivity contribution in [2.45, 2.75) is 52.4 Å². The number of aliphatic hydroxyl groups excluding tert-OH is 1. The number of aliphatic hydroxyl groups is 1. The van der Waals surface area contributed by atoms with Gasteiger partial charge in [0.1, 0.15) is 5.76 Å². The van der Waals surface area contributed by atoms with Crippen LogP contribution in [0.3, 0.4) is 0 Å². The summed E-state index contributed by atoms with van der Waals surface area (Å²) in [6, 6.07) is 9.48. The van der Waals surface area contributed by atoms with Gasteiger partial charge in [-0.1, -0.05) is 55.8 Å². The highest BCUT2D eigenvalue weighted by molar-refractivity contribution is 6.14. The summed E-state index contributed by atoms with van der Waals surface area (Å²) in [5, 5.41) is 23.9. The van der Waals surface area contributed by atoms with E-state index in [1.54, 1.807) is 6.08 Å². The van der Waals surface area contributed by atoms with E-state index in [0.29, 0.717) is 6.42 Å². The number of hydrogen-bond donors (Lipinski definition) is 3. The average Bonchev–Trinajstić information content (AvgIpc) is 2.70. The van der Waals surface area contributed by atoms with E-state index in [1.807, 2.05) is 51.1 Å². The molecule has 3 N–H and O–H groups in total. The molecule has 7 heteroatoms. The first-order valence-corrected chi connectivity index (χ1v) is 10.3. The highest BCUT2D eigenvalue weighted by atomic mass is 16.4. The molecule has 1 amide bonds. The van der Waals surface area contributed by atoms with Crippen molar-refractivity contribution in [1.29, 1.82) is 0 Å². The Kier molecular flexibility index (Phi) is 6.15.